The fourth-order valence-corrected chi connectivity index (χ4v) is 2.42. The highest BCUT2D eigenvalue weighted by Gasteiger charge is 2.29. The number of hydrogen-bond acceptors (Lipinski definition) is 1. The summed E-state index contributed by atoms with van der Waals surface area (Å²) in [5.74, 6) is -1.67. The van der Waals surface area contributed by atoms with Gasteiger partial charge in [0.25, 0.3) is 0 Å². The fraction of sp³-hybridized carbons (Fsp3) is 0.538. The van der Waals surface area contributed by atoms with E-state index >= 15 is 0 Å². The van der Waals surface area contributed by atoms with Crippen molar-refractivity contribution in [2.45, 2.75) is 44.1 Å². The van der Waals surface area contributed by atoms with E-state index in [1.807, 2.05) is 0 Å². The van der Waals surface area contributed by atoms with Gasteiger partial charge in [0.2, 0.25) is 0 Å². The van der Waals surface area contributed by atoms with Crippen LogP contribution in [0.15, 0.2) is 18.2 Å². The van der Waals surface area contributed by atoms with Crippen molar-refractivity contribution in [3.8, 4) is 0 Å². The van der Waals surface area contributed by atoms with Crippen molar-refractivity contribution in [1.29, 1.82) is 0 Å². The Labute approximate surface area is 94.1 Å². The van der Waals surface area contributed by atoms with Gasteiger partial charge in [0.1, 0.15) is 0 Å². The maximum absolute atomic E-state index is 13.0. The minimum absolute atomic E-state index is 0.421. The van der Waals surface area contributed by atoms with Gasteiger partial charge in [-0.05, 0) is 30.5 Å². The van der Waals surface area contributed by atoms with Crippen LogP contribution in [-0.2, 0) is 6.42 Å². The molecule has 0 amide bonds. The summed E-state index contributed by atoms with van der Waals surface area (Å²) in [5.41, 5.74) is -0.0500. The molecule has 1 saturated carbocycles. The van der Waals surface area contributed by atoms with Gasteiger partial charge in [-0.2, -0.15) is 0 Å². The van der Waals surface area contributed by atoms with Gasteiger partial charge in [-0.15, -0.1) is 0 Å². The molecule has 0 saturated heterocycles. The van der Waals surface area contributed by atoms with Crippen LogP contribution in [0.25, 0.3) is 0 Å². The summed E-state index contributed by atoms with van der Waals surface area (Å²) < 4.78 is 25.7. The smallest absolute Gasteiger partial charge is 0.159 e. The largest absolute Gasteiger partial charge is 0.390 e. The molecule has 3 heteroatoms. The number of hydrogen-bond donors (Lipinski definition) is 1. The minimum atomic E-state index is -0.836. The van der Waals surface area contributed by atoms with Gasteiger partial charge in [0, 0.05) is 6.42 Å². The van der Waals surface area contributed by atoms with Crippen LogP contribution in [0.4, 0.5) is 8.78 Å². The summed E-state index contributed by atoms with van der Waals surface area (Å²) in [4.78, 5) is 0. The van der Waals surface area contributed by atoms with E-state index in [9.17, 15) is 13.9 Å². The summed E-state index contributed by atoms with van der Waals surface area (Å²) in [7, 11) is 0. The van der Waals surface area contributed by atoms with Crippen LogP contribution >= 0.6 is 0 Å². The Balaban J connectivity index is 2.10. The zero-order valence-corrected chi connectivity index (χ0v) is 9.18. The molecule has 88 valence electrons. The van der Waals surface area contributed by atoms with Crippen LogP contribution in [0.1, 0.15) is 37.7 Å². The van der Waals surface area contributed by atoms with Gasteiger partial charge in [0.15, 0.2) is 11.6 Å². The van der Waals surface area contributed by atoms with Crippen molar-refractivity contribution in [3.05, 3.63) is 35.4 Å². The van der Waals surface area contributed by atoms with Crippen LogP contribution < -0.4 is 0 Å². The van der Waals surface area contributed by atoms with E-state index in [2.05, 4.69) is 0 Å². The molecule has 0 spiro atoms. The summed E-state index contributed by atoms with van der Waals surface area (Å²) in [6.07, 6.45) is 5.11. The van der Waals surface area contributed by atoms with Crippen molar-refractivity contribution >= 4 is 0 Å². The second-order valence-electron chi connectivity index (χ2n) is 4.71. The molecule has 0 atom stereocenters. The third-order valence-electron chi connectivity index (χ3n) is 3.30. The van der Waals surface area contributed by atoms with Gasteiger partial charge < -0.3 is 5.11 Å². The van der Waals surface area contributed by atoms with Crippen LogP contribution in [0.3, 0.4) is 0 Å². The quantitative estimate of drug-likeness (QED) is 0.821. The fourth-order valence-electron chi connectivity index (χ4n) is 2.42. The first-order valence-electron chi connectivity index (χ1n) is 5.75. The second-order valence-corrected chi connectivity index (χ2v) is 4.71. The van der Waals surface area contributed by atoms with E-state index in [1.54, 1.807) is 6.07 Å². The zero-order valence-electron chi connectivity index (χ0n) is 9.18. The van der Waals surface area contributed by atoms with Crippen molar-refractivity contribution < 1.29 is 13.9 Å². The Bertz CT molecular complexity index is 370. The Morgan fingerprint density at radius 3 is 2.38 bits per heavy atom. The number of halogens is 2. The normalized spacial score (nSPS) is 19.7. The topological polar surface area (TPSA) is 20.2 Å². The molecule has 1 fully saturated rings. The average molecular weight is 226 g/mol. The van der Waals surface area contributed by atoms with Crippen molar-refractivity contribution in [3.63, 3.8) is 0 Å². The molecule has 1 aromatic carbocycles. The lowest BCUT2D eigenvalue weighted by Gasteiger charge is -2.32. The standard InChI is InChI=1S/C13H16F2O/c14-11-5-4-10(8-12(11)15)9-13(16)6-2-1-3-7-13/h4-5,8,16H,1-3,6-7,9H2. The van der Waals surface area contributed by atoms with Gasteiger partial charge in [-0.25, -0.2) is 8.78 Å². The Morgan fingerprint density at radius 2 is 1.75 bits per heavy atom. The van der Waals surface area contributed by atoms with Crippen LogP contribution in [0, 0.1) is 11.6 Å². The molecular formula is C13H16F2O. The third-order valence-corrected chi connectivity index (χ3v) is 3.30. The first-order chi connectivity index (χ1) is 7.59. The van der Waals surface area contributed by atoms with Gasteiger partial charge in [-0.1, -0.05) is 25.3 Å². The molecule has 0 unspecified atom stereocenters. The summed E-state index contributed by atoms with van der Waals surface area (Å²) in [6, 6.07) is 3.85. The van der Waals surface area contributed by atoms with Crippen LogP contribution in [0.5, 0.6) is 0 Å². The van der Waals surface area contributed by atoms with Crippen LogP contribution in [-0.4, -0.2) is 10.7 Å². The molecule has 1 nitrogen and oxygen atoms in total. The van der Waals surface area contributed by atoms with E-state index in [-0.39, 0.29) is 0 Å². The Kier molecular flexibility index (Phi) is 3.24. The number of aliphatic hydroxyl groups is 1. The highest BCUT2D eigenvalue weighted by Crippen LogP contribution is 2.31. The van der Waals surface area contributed by atoms with Crippen LogP contribution in [0.2, 0.25) is 0 Å². The highest BCUT2D eigenvalue weighted by atomic mass is 19.2. The van der Waals surface area contributed by atoms with E-state index in [4.69, 9.17) is 0 Å². The minimum Gasteiger partial charge on any atom is -0.390 e. The lowest BCUT2D eigenvalue weighted by molar-refractivity contribution is 0.00442. The molecule has 2 rings (SSSR count). The predicted octanol–water partition coefficient (Wildman–Crippen LogP) is 3.20. The molecule has 0 bridgehead atoms. The van der Waals surface area contributed by atoms with Gasteiger partial charge >= 0.3 is 0 Å². The molecule has 0 heterocycles. The lowest BCUT2D eigenvalue weighted by Crippen LogP contribution is -2.33. The summed E-state index contributed by atoms with van der Waals surface area (Å²) >= 11 is 0. The average Bonchev–Trinajstić information content (AvgIpc) is 2.24. The van der Waals surface area contributed by atoms with Crippen molar-refractivity contribution in [1.82, 2.24) is 0 Å². The maximum Gasteiger partial charge on any atom is 0.159 e. The molecule has 1 N–H and O–H groups in total. The Morgan fingerprint density at radius 1 is 1.06 bits per heavy atom. The molecule has 0 aromatic heterocycles. The molecule has 1 aliphatic rings. The molecule has 0 radical (unpaired) electrons. The monoisotopic (exact) mass is 226 g/mol. The molecule has 0 aliphatic heterocycles. The molecule has 1 aliphatic carbocycles. The van der Waals surface area contributed by atoms with Gasteiger partial charge in [-0.3, -0.25) is 0 Å². The predicted molar refractivity (Wildman–Crippen MR) is 58.1 cm³/mol. The molecular weight excluding hydrogens is 210 g/mol. The van der Waals surface area contributed by atoms with E-state index in [1.165, 1.54) is 6.07 Å². The SMILES string of the molecule is OC1(Cc2ccc(F)c(F)c2)CCCCC1. The second kappa shape index (κ2) is 4.50. The third kappa shape index (κ3) is 2.59. The Hall–Kier alpha value is -0.960. The van der Waals surface area contributed by atoms with E-state index < -0.39 is 17.2 Å². The van der Waals surface area contributed by atoms with Gasteiger partial charge in [0.05, 0.1) is 5.60 Å². The molecule has 16 heavy (non-hydrogen) atoms. The first-order valence-corrected chi connectivity index (χ1v) is 5.75. The summed E-state index contributed by atoms with van der Waals surface area (Å²) in [5, 5.41) is 10.3. The highest BCUT2D eigenvalue weighted by molar-refractivity contribution is 5.19. The van der Waals surface area contributed by atoms with E-state index in [0.29, 0.717) is 12.0 Å². The maximum atomic E-state index is 13.0. The summed E-state index contributed by atoms with van der Waals surface area (Å²) in [6.45, 7) is 0. The van der Waals surface area contributed by atoms with Crippen molar-refractivity contribution in [2.75, 3.05) is 0 Å². The van der Waals surface area contributed by atoms with Crippen molar-refractivity contribution in [2.24, 2.45) is 0 Å². The zero-order chi connectivity index (χ0) is 11.6. The molecule has 1 aromatic rings. The number of rotatable bonds is 2. The van der Waals surface area contributed by atoms with E-state index in [0.717, 1.165) is 38.2 Å². The number of benzene rings is 1. The first kappa shape index (κ1) is 11.5. The lowest BCUT2D eigenvalue weighted by atomic mass is 9.80.